The summed E-state index contributed by atoms with van der Waals surface area (Å²) in [5.41, 5.74) is 1.35. The largest absolute Gasteiger partial charge is 0.491 e. The fourth-order valence-electron chi connectivity index (χ4n) is 4.44. The first-order chi connectivity index (χ1) is 16.4. The number of nitriles is 1. The van der Waals surface area contributed by atoms with Gasteiger partial charge in [-0.1, -0.05) is 29.7 Å². The molecule has 2 aromatic rings. The van der Waals surface area contributed by atoms with E-state index in [1.807, 2.05) is 0 Å². The Morgan fingerprint density at radius 1 is 1.29 bits per heavy atom. The van der Waals surface area contributed by atoms with Gasteiger partial charge in [-0.3, -0.25) is 10.1 Å². The molecule has 2 aliphatic heterocycles. The summed E-state index contributed by atoms with van der Waals surface area (Å²) in [5, 5.41) is 25.6. The quantitative estimate of drug-likeness (QED) is 0.546. The highest BCUT2D eigenvalue weighted by atomic mass is 35.5. The van der Waals surface area contributed by atoms with Crippen molar-refractivity contribution >= 4 is 23.5 Å². The van der Waals surface area contributed by atoms with Gasteiger partial charge in [0.05, 0.1) is 36.8 Å². The molecule has 0 spiro atoms. The van der Waals surface area contributed by atoms with Crippen LogP contribution in [-0.2, 0) is 4.79 Å². The molecule has 0 bridgehead atoms. The van der Waals surface area contributed by atoms with E-state index in [2.05, 4.69) is 22.6 Å². The van der Waals surface area contributed by atoms with Crippen molar-refractivity contribution in [1.82, 2.24) is 15.5 Å². The van der Waals surface area contributed by atoms with Gasteiger partial charge in [0, 0.05) is 34.3 Å². The molecule has 174 valence electrons. The van der Waals surface area contributed by atoms with Crippen LogP contribution in [0, 0.1) is 29.6 Å². The van der Waals surface area contributed by atoms with E-state index in [1.165, 1.54) is 6.07 Å². The Kier molecular flexibility index (Phi) is 7.04. The van der Waals surface area contributed by atoms with Crippen molar-refractivity contribution in [1.29, 1.82) is 5.26 Å². The SMILES string of the molecule is C#Cc1c(C(=O)O)cccc1-c1cc(Cl)ccc1OCCN1CNC2CNC(C#N)CC2C1=O. The topological polar surface area (TPSA) is 115 Å². The maximum Gasteiger partial charge on any atom is 0.336 e. The first-order valence-corrected chi connectivity index (χ1v) is 11.2. The third-order valence-electron chi connectivity index (χ3n) is 6.18. The molecular formula is C25H23ClN4O4. The summed E-state index contributed by atoms with van der Waals surface area (Å²) in [6, 6.07) is 11.7. The van der Waals surface area contributed by atoms with E-state index < -0.39 is 5.97 Å². The molecule has 2 aromatic carbocycles. The van der Waals surface area contributed by atoms with E-state index in [0.29, 0.717) is 48.1 Å². The lowest BCUT2D eigenvalue weighted by Crippen LogP contribution is -2.64. The van der Waals surface area contributed by atoms with E-state index >= 15 is 0 Å². The third-order valence-corrected chi connectivity index (χ3v) is 6.41. The van der Waals surface area contributed by atoms with Crippen LogP contribution in [0.1, 0.15) is 22.3 Å². The van der Waals surface area contributed by atoms with Crippen LogP contribution in [0.3, 0.4) is 0 Å². The molecule has 2 aliphatic rings. The fraction of sp³-hybridized carbons (Fsp3) is 0.320. The molecule has 4 rings (SSSR count). The minimum atomic E-state index is -1.12. The Balaban J connectivity index is 1.50. The van der Waals surface area contributed by atoms with E-state index in [-0.39, 0.29) is 41.6 Å². The molecule has 8 nitrogen and oxygen atoms in total. The lowest BCUT2D eigenvalue weighted by atomic mass is 9.86. The second kappa shape index (κ2) is 10.1. The predicted octanol–water partition coefficient (Wildman–Crippen LogP) is 2.32. The van der Waals surface area contributed by atoms with Gasteiger partial charge in [0.2, 0.25) is 5.91 Å². The van der Waals surface area contributed by atoms with Crippen molar-refractivity contribution in [3.05, 3.63) is 52.5 Å². The number of terminal acetylenes is 1. The highest BCUT2D eigenvalue weighted by Gasteiger charge is 2.40. The lowest BCUT2D eigenvalue weighted by Gasteiger charge is -2.42. The lowest BCUT2D eigenvalue weighted by molar-refractivity contribution is -0.142. The molecule has 2 fully saturated rings. The number of nitrogens with one attached hydrogen (secondary N) is 2. The zero-order valence-electron chi connectivity index (χ0n) is 18.3. The second-order valence-electron chi connectivity index (χ2n) is 8.17. The van der Waals surface area contributed by atoms with E-state index in [0.717, 1.165) is 0 Å². The molecule has 1 amide bonds. The number of hydrogen-bond acceptors (Lipinski definition) is 6. The van der Waals surface area contributed by atoms with Gasteiger partial charge in [0.1, 0.15) is 12.4 Å². The smallest absolute Gasteiger partial charge is 0.336 e. The van der Waals surface area contributed by atoms with Gasteiger partial charge in [-0.25, -0.2) is 4.79 Å². The van der Waals surface area contributed by atoms with Crippen LogP contribution >= 0.6 is 11.6 Å². The number of halogens is 1. The summed E-state index contributed by atoms with van der Waals surface area (Å²) in [4.78, 5) is 26.3. The van der Waals surface area contributed by atoms with Crippen LogP contribution < -0.4 is 15.4 Å². The molecule has 2 heterocycles. The highest BCUT2D eigenvalue weighted by molar-refractivity contribution is 6.31. The number of aromatic carboxylic acids is 1. The number of ether oxygens (including phenoxy) is 1. The number of hydrogen-bond donors (Lipinski definition) is 3. The Morgan fingerprint density at radius 3 is 2.85 bits per heavy atom. The fourth-order valence-corrected chi connectivity index (χ4v) is 4.61. The Hall–Kier alpha value is -3.56. The van der Waals surface area contributed by atoms with E-state index in [9.17, 15) is 20.0 Å². The second-order valence-corrected chi connectivity index (χ2v) is 8.61. The average molecular weight is 479 g/mol. The van der Waals surface area contributed by atoms with Gasteiger partial charge >= 0.3 is 5.97 Å². The molecule has 0 aromatic heterocycles. The number of piperidine rings is 1. The van der Waals surface area contributed by atoms with Crippen molar-refractivity contribution in [2.45, 2.75) is 18.5 Å². The zero-order chi connectivity index (χ0) is 24.2. The zero-order valence-corrected chi connectivity index (χ0v) is 19.0. The highest BCUT2D eigenvalue weighted by Crippen LogP contribution is 2.36. The monoisotopic (exact) mass is 478 g/mol. The number of benzene rings is 2. The number of amides is 1. The first kappa shape index (κ1) is 23.6. The number of rotatable bonds is 6. The average Bonchev–Trinajstić information content (AvgIpc) is 2.85. The van der Waals surface area contributed by atoms with Crippen LogP contribution in [0.5, 0.6) is 5.75 Å². The summed E-state index contributed by atoms with van der Waals surface area (Å²) in [6.45, 7) is 1.54. The number of nitrogens with zero attached hydrogens (tertiary/aromatic N) is 2. The first-order valence-electron chi connectivity index (χ1n) is 10.8. The van der Waals surface area contributed by atoms with Gasteiger partial charge in [-0.2, -0.15) is 5.26 Å². The summed E-state index contributed by atoms with van der Waals surface area (Å²) in [7, 11) is 0. The summed E-state index contributed by atoms with van der Waals surface area (Å²) < 4.78 is 6.01. The normalized spacial score (nSPS) is 21.8. The molecule has 3 unspecified atom stereocenters. The Morgan fingerprint density at radius 2 is 2.12 bits per heavy atom. The van der Waals surface area contributed by atoms with Crippen LogP contribution in [0.4, 0.5) is 0 Å². The van der Waals surface area contributed by atoms with E-state index in [1.54, 1.807) is 35.2 Å². The molecule has 2 saturated heterocycles. The molecule has 9 heteroatoms. The third kappa shape index (κ3) is 4.71. The van der Waals surface area contributed by atoms with E-state index in [4.69, 9.17) is 22.8 Å². The Labute approximate surface area is 202 Å². The molecular weight excluding hydrogens is 456 g/mol. The van der Waals surface area contributed by atoms with Gasteiger partial charge in [-0.15, -0.1) is 6.42 Å². The van der Waals surface area contributed by atoms with Crippen molar-refractivity contribution in [2.24, 2.45) is 5.92 Å². The standard InChI is InChI=1S/C25H23ClN4O4/c1-2-17-18(4-3-5-19(17)25(32)33)20-10-15(26)6-7-23(20)34-9-8-30-14-29-22-13-28-16(12-27)11-21(22)24(30)31/h1,3-7,10,16,21-22,28-29H,8-9,11,13-14H2,(H,32,33). The molecule has 0 radical (unpaired) electrons. The van der Waals surface area contributed by atoms with Gasteiger partial charge in [-0.05, 0) is 30.7 Å². The van der Waals surface area contributed by atoms with Crippen molar-refractivity contribution in [3.63, 3.8) is 0 Å². The molecule has 34 heavy (non-hydrogen) atoms. The number of carbonyl (C=O) groups excluding carboxylic acids is 1. The van der Waals surface area contributed by atoms with Gasteiger partial charge in [0.25, 0.3) is 0 Å². The minimum absolute atomic E-state index is 0.00852. The van der Waals surface area contributed by atoms with Crippen molar-refractivity contribution in [2.75, 3.05) is 26.4 Å². The maximum atomic E-state index is 13.0. The maximum absolute atomic E-state index is 13.0. The summed E-state index contributed by atoms with van der Waals surface area (Å²) >= 11 is 6.22. The minimum Gasteiger partial charge on any atom is -0.491 e. The van der Waals surface area contributed by atoms with Crippen LogP contribution in [0.25, 0.3) is 11.1 Å². The molecule has 0 saturated carbocycles. The van der Waals surface area contributed by atoms with Crippen molar-refractivity contribution in [3.8, 4) is 35.3 Å². The van der Waals surface area contributed by atoms with Crippen molar-refractivity contribution < 1.29 is 19.4 Å². The van der Waals surface area contributed by atoms with Crippen LogP contribution in [0.2, 0.25) is 5.02 Å². The van der Waals surface area contributed by atoms with Gasteiger partial charge < -0.3 is 20.1 Å². The van der Waals surface area contributed by atoms with Gasteiger partial charge in [0.15, 0.2) is 0 Å². The number of carboxylic acids is 1. The Bertz CT molecular complexity index is 1200. The molecule has 3 atom stereocenters. The molecule has 3 N–H and O–H groups in total. The number of carbonyl (C=O) groups is 2. The van der Waals surface area contributed by atoms with Crippen LogP contribution in [-0.4, -0.2) is 60.3 Å². The predicted molar refractivity (Wildman–Crippen MR) is 126 cm³/mol. The summed E-state index contributed by atoms with van der Waals surface area (Å²) in [6.07, 6.45) is 6.11. The summed E-state index contributed by atoms with van der Waals surface area (Å²) in [5.74, 6) is 1.59. The molecule has 0 aliphatic carbocycles. The van der Waals surface area contributed by atoms with Crippen LogP contribution in [0.15, 0.2) is 36.4 Å². The number of carboxylic acid groups (broad SMARTS) is 1. The number of fused-ring (bicyclic) bond motifs is 1.